The summed E-state index contributed by atoms with van der Waals surface area (Å²) in [7, 11) is 0. The largest absolute Gasteiger partial charge is 0.401 e. The molecule has 0 N–H and O–H groups in total. The average Bonchev–Trinajstić information content (AvgIpc) is 2.46. The van der Waals surface area contributed by atoms with Crippen LogP contribution in [0.4, 0.5) is 13.2 Å². The second kappa shape index (κ2) is 4.32. The van der Waals surface area contributed by atoms with Gasteiger partial charge in [-0.1, -0.05) is 20.8 Å². The lowest BCUT2D eigenvalue weighted by Crippen LogP contribution is -2.36. The monoisotopic (exact) mass is 223 g/mol. The maximum atomic E-state index is 12.2. The molecule has 1 rings (SSSR count). The quantitative estimate of drug-likeness (QED) is 0.709. The summed E-state index contributed by atoms with van der Waals surface area (Å²) in [4.78, 5) is 1.55. The number of alkyl halides is 3. The van der Waals surface area contributed by atoms with E-state index < -0.39 is 12.7 Å². The van der Waals surface area contributed by atoms with E-state index in [-0.39, 0.29) is 5.41 Å². The van der Waals surface area contributed by atoms with Crippen molar-refractivity contribution in [2.45, 2.75) is 39.8 Å². The summed E-state index contributed by atoms with van der Waals surface area (Å²) < 4.78 is 36.7. The third-order valence-corrected chi connectivity index (χ3v) is 3.80. The lowest BCUT2D eigenvalue weighted by molar-refractivity contribution is -0.144. The summed E-state index contributed by atoms with van der Waals surface area (Å²) in [6.07, 6.45) is -2.18. The number of hydrogen-bond acceptors (Lipinski definition) is 1. The Morgan fingerprint density at radius 1 is 1.33 bits per heavy atom. The van der Waals surface area contributed by atoms with Crippen LogP contribution in [-0.2, 0) is 0 Å². The molecule has 0 aromatic rings. The van der Waals surface area contributed by atoms with Crippen molar-refractivity contribution in [1.82, 2.24) is 4.90 Å². The number of nitrogens with zero attached hydrogens (tertiary/aromatic N) is 1. The molecule has 90 valence electrons. The molecule has 0 aliphatic carbocycles. The molecule has 0 bridgehead atoms. The summed E-state index contributed by atoms with van der Waals surface area (Å²) >= 11 is 0. The standard InChI is InChI=1S/C11H20F3N/c1-4-10(9(2)3)5-6-15(7-10)8-11(12,13)14/h9H,4-8H2,1-3H3. The van der Waals surface area contributed by atoms with E-state index in [4.69, 9.17) is 0 Å². The highest BCUT2D eigenvalue weighted by molar-refractivity contribution is 4.91. The van der Waals surface area contributed by atoms with Crippen molar-refractivity contribution < 1.29 is 13.2 Å². The Balaban J connectivity index is 2.57. The highest BCUT2D eigenvalue weighted by atomic mass is 19.4. The van der Waals surface area contributed by atoms with E-state index in [9.17, 15) is 13.2 Å². The van der Waals surface area contributed by atoms with Gasteiger partial charge in [-0.15, -0.1) is 0 Å². The van der Waals surface area contributed by atoms with Crippen LogP contribution in [0.25, 0.3) is 0 Å². The molecule has 0 saturated carbocycles. The second-order valence-corrected chi connectivity index (χ2v) is 4.95. The van der Waals surface area contributed by atoms with Gasteiger partial charge in [-0.3, -0.25) is 4.90 Å². The average molecular weight is 223 g/mol. The van der Waals surface area contributed by atoms with Crippen LogP contribution in [-0.4, -0.2) is 30.7 Å². The molecular formula is C11H20F3N. The molecule has 1 fully saturated rings. The van der Waals surface area contributed by atoms with Gasteiger partial charge in [0, 0.05) is 6.54 Å². The first kappa shape index (κ1) is 12.8. The third-order valence-electron chi connectivity index (χ3n) is 3.80. The fraction of sp³-hybridized carbons (Fsp3) is 1.00. The zero-order valence-corrected chi connectivity index (χ0v) is 9.69. The zero-order valence-electron chi connectivity index (χ0n) is 9.69. The Morgan fingerprint density at radius 2 is 1.93 bits per heavy atom. The van der Waals surface area contributed by atoms with Gasteiger partial charge in [0.1, 0.15) is 0 Å². The van der Waals surface area contributed by atoms with Crippen LogP contribution in [0, 0.1) is 11.3 Å². The topological polar surface area (TPSA) is 3.24 Å². The van der Waals surface area contributed by atoms with Crippen LogP contribution in [0.15, 0.2) is 0 Å². The van der Waals surface area contributed by atoms with Gasteiger partial charge in [-0.25, -0.2) is 0 Å². The molecule has 1 aliphatic rings. The van der Waals surface area contributed by atoms with Gasteiger partial charge < -0.3 is 0 Å². The molecular weight excluding hydrogens is 203 g/mol. The van der Waals surface area contributed by atoms with Crippen LogP contribution in [0.5, 0.6) is 0 Å². The molecule has 0 aromatic heterocycles. The summed E-state index contributed by atoms with van der Waals surface area (Å²) in [5, 5.41) is 0. The maximum absolute atomic E-state index is 12.2. The first-order chi connectivity index (χ1) is 6.79. The van der Waals surface area contributed by atoms with Crippen molar-refractivity contribution >= 4 is 0 Å². The van der Waals surface area contributed by atoms with Crippen molar-refractivity contribution in [1.29, 1.82) is 0 Å². The summed E-state index contributed by atoms with van der Waals surface area (Å²) in [6, 6.07) is 0. The predicted molar refractivity (Wildman–Crippen MR) is 54.7 cm³/mol. The SMILES string of the molecule is CCC1(C(C)C)CCN(CC(F)(F)F)C1. The molecule has 0 radical (unpaired) electrons. The van der Waals surface area contributed by atoms with Crippen molar-refractivity contribution in [2.75, 3.05) is 19.6 Å². The number of hydrogen-bond donors (Lipinski definition) is 0. The number of rotatable bonds is 3. The molecule has 1 heterocycles. The van der Waals surface area contributed by atoms with Gasteiger partial charge in [0.05, 0.1) is 6.54 Å². The van der Waals surface area contributed by atoms with E-state index in [0.717, 1.165) is 12.8 Å². The number of likely N-dealkylation sites (tertiary alicyclic amines) is 1. The van der Waals surface area contributed by atoms with Crippen LogP contribution >= 0.6 is 0 Å². The molecule has 1 atom stereocenters. The Hall–Kier alpha value is -0.250. The minimum Gasteiger partial charge on any atom is -0.294 e. The van der Waals surface area contributed by atoms with E-state index in [1.807, 2.05) is 0 Å². The minimum absolute atomic E-state index is 0.102. The van der Waals surface area contributed by atoms with E-state index in [1.54, 1.807) is 4.90 Å². The molecule has 4 heteroatoms. The lowest BCUT2D eigenvalue weighted by atomic mass is 9.74. The molecule has 0 spiro atoms. The molecule has 0 aromatic carbocycles. The van der Waals surface area contributed by atoms with Crippen LogP contribution in [0.3, 0.4) is 0 Å². The smallest absolute Gasteiger partial charge is 0.294 e. The van der Waals surface area contributed by atoms with Gasteiger partial charge in [-0.05, 0) is 30.7 Å². The van der Waals surface area contributed by atoms with Crippen LogP contribution in [0.2, 0.25) is 0 Å². The van der Waals surface area contributed by atoms with E-state index in [1.165, 1.54) is 0 Å². The third kappa shape index (κ3) is 3.10. The van der Waals surface area contributed by atoms with Gasteiger partial charge in [0.25, 0.3) is 0 Å². The van der Waals surface area contributed by atoms with Crippen molar-refractivity contribution in [3.63, 3.8) is 0 Å². The van der Waals surface area contributed by atoms with Crippen LogP contribution in [0.1, 0.15) is 33.6 Å². The van der Waals surface area contributed by atoms with Gasteiger partial charge >= 0.3 is 6.18 Å². The Bertz CT molecular complexity index is 212. The van der Waals surface area contributed by atoms with Crippen molar-refractivity contribution in [2.24, 2.45) is 11.3 Å². The van der Waals surface area contributed by atoms with Crippen LogP contribution < -0.4 is 0 Å². The fourth-order valence-electron chi connectivity index (χ4n) is 2.54. The Labute approximate surface area is 89.6 Å². The summed E-state index contributed by atoms with van der Waals surface area (Å²) in [6.45, 7) is 6.74. The normalized spacial score (nSPS) is 29.0. The second-order valence-electron chi connectivity index (χ2n) is 4.95. The highest BCUT2D eigenvalue weighted by Crippen LogP contribution is 2.41. The number of halogens is 3. The molecule has 1 unspecified atom stereocenters. The van der Waals surface area contributed by atoms with Gasteiger partial charge in [0.2, 0.25) is 0 Å². The lowest BCUT2D eigenvalue weighted by Gasteiger charge is -2.32. The Kier molecular flexibility index (Phi) is 3.69. The summed E-state index contributed by atoms with van der Waals surface area (Å²) in [5.74, 6) is 0.459. The van der Waals surface area contributed by atoms with E-state index in [0.29, 0.717) is 19.0 Å². The highest BCUT2D eigenvalue weighted by Gasteiger charge is 2.42. The van der Waals surface area contributed by atoms with Crippen molar-refractivity contribution in [3.05, 3.63) is 0 Å². The first-order valence-electron chi connectivity index (χ1n) is 5.58. The van der Waals surface area contributed by atoms with E-state index in [2.05, 4.69) is 20.8 Å². The molecule has 1 saturated heterocycles. The predicted octanol–water partition coefficient (Wildman–Crippen LogP) is 3.31. The zero-order chi connectivity index (χ0) is 11.7. The van der Waals surface area contributed by atoms with Crippen molar-refractivity contribution in [3.8, 4) is 0 Å². The molecule has 15 heavy (non-hydrogen) atoms. The minimum atomic E-state index is -4.05. The fourth-order valence-corrected chi connectivity index (χ4v) is 2.54. The van der Waals surface area contributed by atoms with Gasteiger partial charge in [0.15, 0.2) is 0 Å². The van der Waals surface area contributed by atoms with E-state index >= 15 is 0 Å². The molecule has 1 aliphatic heterocycles. The molecule has 1 nitrogen and oxygen atoms in total. The maximum Gasteiger partial charge on any atom is 0.401 e. The molecule has 0 amide bonds. The Morgan fingerprint density at radius 3 is 2.27 bits per heavy atom. The first-order valence-corrected chi connectivity index (χ1v) is 5.58. The van der Waals surface area contributed by atoms with Gasteiger partial charge in [-0.2, -0.15) is 13.2 Å². The summed E-state index contributed by atoms with van der Waals surface area (Å²) in [5.41, 5.74) is 0.102.